The summed E-state index contributed by atoms with van der Waals surface area (Å²) < 4.78 is 17.2. The van der Waals surface area contributed by atoms with Crippen LogP contribution in [0, 0.1) is 0 Å². The van der Waals surface area contributed by atoms with Gasteiger partial charge in [-0.1, -0.05) is 184 Å². The molecule has 0 amide bonds. The third-order valence-corrected chi connectivity index (χ3v) is 11.4. The van der Waals surface area contributed by atoms with Crippen LogP contribution >= 0.6 is 0 Å². The SMILES string of the molecule is CC/C=C/C/C=C/C/C=C/CCCCCCCCCCCC(=O)OC(COCCC(C(=O)[O-])[N+](C)(C)C)COC(=O)CCCCCCCCC/C=C/CCCCCCCCCC. The van der Waals surface area contributed by atoms with Gasteiger partial charge in [-0.15, -0.1) is 0 Å². The van der Waals surface area contributed by atoms with Crippen molar-refractivity contribution in [1.29, 1.82) is 0 Å². The van der Waals surface area contributed by atoms with Crippen LogP contribution in [0.4, 0.5) is 0 Å². The van der Waals surface area contributed by atoms with E-state index in [1.807, 2.05) is 0 Å². The highest BCUT2D eigenvalue weighted by Crippen LogP contribution is 2.15. The van der Waals surface area contributed by atoms with E-state index in [1.165, 1.54) is 128 Å². The number of carboxylic acid groups (broad SMARTS) is 1. The predicted octanol–water partition coefficient (Wildman–Crippen LogP) is 13.4. The van der Waals surface area contributed by atoms with E-state index in [0.29, 0.717) is 12.8 Å². The van der Waals surface area contributed by atoms with Crippen LogP contribution in [-0.4, -0.2) is 75.5 Å². The van der Waals surface area contributed by atoms with Crippen molar-refractivity contribution in [3.8, 4) is 0 Å². The molecule has 0 saturated carbocycles. The Hall–Kier alpha value is -2.71. The topological polar surface area (TPSA) is 102 Å². The monoisotopic (exact) mass is 872 g/mol. The van der Waals surface area contributed by atoms with Gasteiger partial charge in [0.1, 0.15) is 12.6 Å². The lowest BCUT2D eigenvalue weighted by Crippen LogP contribution is -2.55. The quantitative estimate of drug-likeness (QED) is 0.0260. The van der Waals surface area contributed by atoms with Gasteiger partial charge in [0, 0.05) is 19.3 Å². The number of allylic oxidation sites excluding steroid dienone is 8. The third kappa shape index (κ3) is 42.6. The summed E-state index contributed by atoms with van der Waals surface area (Å²) in [6, 6.07) is -0.728. The first-order valence-electron chi connectivity index (χ1n) is 25.7. The van der Waals surface area contributed by atoms with E-state index in [1.54, 1.807) is 21.1 Å². The first kappa shape index (κ1) is 59.3. The number of nitrogens with zero attached hydrogens (tertiary/aromatic N) is 1. The fraction of sp³-hybridized carbons (Fsp3) is 0.796. The van der Waals surface area contributed by atoms with Crippen LogP contribution in [0.15, 0.2) is 48.6 Å². The third-order valence-electron chi connectivity index (χ3n) is 11.4. The van der Waals surface area contributed by atoms with Crippen LogP contribution in [-0.2, 0) is 28.6 Å². The molecule has 0 spiro atoms. The average molecular weight is 872 g/mol. The molecule has 0 saturated heterocycles. The number of hydrogen-bond donors (Lipinski definition) is 0. The lowest BCUT2D eigenvalue weighted by molar-refractivity contribution is -0.889. The van der Waals surface area contributed by atoms with Crippen molar-refractivity contribution < 1.29 is 38.2 Å². The number of aliphatic carboxylic acids is 1. The molecule has 0 radical (unpaired) electrons. The van der Waals surface area contributed by atoms with Gasteiger partial charge in [0.05, 0.1) is 40.3 Å². The number of quaternary nitrogens is 1. The molecule has 0 aromatic heterocycles. The Labute approximate surface area is 382 Å². The van der Waals surface area contributed by atoms with E-state index in [-0.39, 0.29) is 42.7 Å². The van der Waals surface area contributed by atoms with Gasteiger partial charge in [0.15, 0.2) is 6.10 Å². The van der Waals surface area contributed by atoms with E-state index in [2.05, 4.69) is 62.5 Å². The van der Waals surface area contributed by atoms with Gasteiger partial charge in [-0.2, -0.15) is 0 Å². The number of esters is 2. The van der Waals surface area contributed by atoms with Gasteiger partial charge in [0.2, 0.25) is 0 Å². The maximum Gasteiger partial charge on any atom is 0.306 e. The van der Waals surface area contributed by atoms with Crippen LogP contribution in [0.3, 0.4) is 0 Å². The Balaban J connectivity index is 4.25. The maximum atomic E-state index is 12.8. The fourth-order valence-electron chi connectivity index (χ4n) is 7.49. The highest BCUT2D eigenvalue weighted by atomic mass is 16.6. The van der Waals surface area contributed by atoms with Gasteiger partial charge in [-0.3, -0.25) is 9.59 Å². The molecule has 0 aromatic rings. The van der Waals surface area contributed by atoms with Gasteiger partial charge in [-0.25, -0.2) is 0 Å². The van der Waals surface area contributed by atoms with Gasteiger partial charge in [0.25, 0.3) is 0 Å². The van der Waals surface area contributed by atoms with Crippen molar-refractivity contribution in [3.05, 3.63) is 48.6 Å². The Morgan fingerprint density at radius 3 is 1.35 bits per heavy atom. The Morgan fingerprint density at radius 1 is 0.500 bits per heavy atom. The minimum atomic E-state index is -1.13. The molecule has 0 aromatic carbocycles. The second-order valence-corrected chi connectivity index (χ2v) is 18.4. The zero-order valence-corrected chi connectivity index (χ0v) is 41.0. The molecule has 0 heterocycles. The van der Waals surface area contributed by atoms with Crippen molar-refractivity contribution in [2.75, 3.05) is 41.0 Å². The number of hydrogen-bond acceptors (Lipinski definition) is 7. The lowest BCUT2D eigenvalue weighted by Gasteiger charge is -2.34. The normalized spacial score (nSPS) is 13.2. The van der Waals surface area contributed by atoms with Crippen molar-refractivity contribution >= 4 is 17.9 Å². The summed E-state index contributed by atoms with van der Waals surface area (Å²) in [6.07, 6.45) is 54.2. The molecule has 8 nitrogen and oxygen atoms in total. The number of carbonyl (C=O) groups excluding carboxylic acids is 3. The molecule has 0 aliphatic heterocycles. The number of ether oxygens (including phenoxy) is 3. The van der Waals surface area contributed by atoms with E-state index in [4.69, 9.17) is 14.2 Å². The van der Waals surface area contributed by atoms with Crippen LogP contribution in [0.2, 0.25) is 0 Å². The van der Waals surface area contributed by atoms with E-state index in [0.717, 1.165) is 64.2 Å². The Morgan fingerprint density at radius 2 is 0.903 bits per heavy atom. The number of carbonyl (C=O) groups is 3. The van der Waals surface area contributed by atoms with Crippen molar-refractivity contribution in [2.24, 2.45) is 0 Å². The molecule has 62 heavy (non-hydrogen) atoms. The van der Waals surface area contributed by atoms with Crippen molar-refractivity contribution in [3.63, 3.8) is 0 Å². The second kappa shape index (κ2) is 44.9. The minimum absolute atomic E-state index is 0.0375. The molecule has 2 unspecified atom stereocenters. The van der Waals surface area contributed by atoms with Gasteiger partial charge in [-0.05, 0) is 70.6 Å². The molecular weight excluding hydrogens is 775 g/mol. The fourth-order valence-corrected chi connectivity index (χ4v) is 7.49. The molecule has 0 aliphatic rings. The molecule has 0 bridgehead atoms. The minimum Gasteiger partial charge on any atom is -0.544 e. The summed E-state index contributed by atoms with van der Waals surface area (Å²) >= 11 is 0. The number of carboxylic acids is 1. The molecule has 0 N–H and O–H groups in total. The molecule has 2 atom stereocenters. The number of unbranched alkanes of at least 4 members (excludes halogenated alkanes) is 24. The zero-order valence-electron chi connectivity index (χ0n) is 41.0. The Kier molecular flexibility index (Phi) is 42.9. The molecule has 0 rings (SSSR count). The first-order valence-corrected chi connectivity index (χ1v) is 25.7. The lowest BCUT2D eigenvalue weighted by atomic mass is 10.1. The highest BCUT2D eigenvalue weighted by molar-refractivity contribution is 5.70. The molecule has 8 heteroatoms. The summed E-state index contributed by atoms with van der Waals surface area (Å²) in [5.74, 6) is -1.74. The van der Waals surface area contributed by atoms with Crippen LogP contribution in [0.1, 0.15) is 226 Å². The van der Waals surface area contributed by atoms with Crippen LogP contribution < -0.4 is 5.11 Å². The summed E-state index contributed by atoms with van der Waals surface area (Å²) in [7, 11) is 5.41. The zero-order chi connectivity index (χ0) is 45.6. The molecule has 0 fully saturated rings. The standard InChI is InChI=1S/C54H97NO7/c1-6-8-10-12-14-16-18-20-22-24-26-28-30-32-34-36-38-40-42-44-52(56)61-49-50(48-60-47-46-51(54(58)59)55(3,4)5)62-53(57)45-43-41-39-37-35-33-31-29-27-25-23-21-19-17-15-13-11-9-7-2/h9,11,15,17,21,23-24,26,50-51H,6-8,10,12-14,16,18-20,22,25,27-49H2,1-5H3/b11-9+,17-15+,23-21+,26-24+. The smallest absolute Gasteiger partial charge is 0.306 e. The van der Waals surface area contributed by atoms with E-state index < -0.39 is 18.1 Å². The Bertz CT molecular complexity index is 1150. The van der Waals surface area contributed by atoms with Crippen LogP contribution in [0.5, 0.6) is 0 Å². The number of likely N-dealkylation sites (N-methyl/N-ethyl adjacent to an activating group) is 1. The maximum absolute atomic E-state index is 12.8. The van der Waals surface area contributed by atoms with Crippen molar-refractivity contribution in [2.45, 2.75) is 238 Å². The second-order valence-electron chi connectivity index (χ2n) is 18.4. The van der Waals surface area contributed by atoms with E-state index >= 15 is 0 Å². The summed E-state index contributed by atoms with van der Waals surface area (Å²) in [5.41, 5.74) is 0. The van der Waals surface area contributed by atoms with Crippen molar-refractivity contribution in [1.82, 2.24) is 0 Å². The first-order chi connectivity index (χ1) is 30.1. The predicted molar refractivity (Wildman–Crippen MR) is 259 cm³/mol. The molecule has 360 valence electrons. The van der Waals surface area contributed by atoms with Crippen LogP contribution in [0.25, 0.3) is 0 Å². The summed E-state index contributed by atoms with van der Waals surface area (Å²) in [6.45, 7) is 4.56. The molecular formula is C54H97NO7. The average Bonchev–Trinajstić information content (AvgIpc) is 3.23. The molecule has 0 aliphatic carbocycles. The summed E-state index contributed by atoms with van der Waals surface area (Å²) in [4.78, 5) is 37.0. The summed E-state index contributed by atoms with van der Waals surface area (Å²) in [5, 5.41) is 11.7. The van der Waals surface area contributed by atoms with E-state index in [9.17, 15) is 19.5 Å². The van der Waals surface area contributed by atoms with Gasteiger partial charge < -0.3 is 28.6 Å². The number of rotatable bonds is 46. The highest BCUT2D eigenvalue weighted by Gasteiger charge is 2.25. The van der Waals surface area contributed by atoms with Gasteiger partial charge >= 0.3 is 11.9 Å². The largest absolute Gasteiger partial charge is 0.544 e.